The van der Waals surface area contributed by atoms with Crippen molar-refractivity contribution in [3.8, 4) is 0 Å². The summed E-state index contributed by atoms with van der Waals surface area (Å²) in [6.45, 7) is 6.46. The maximum absolute atomic E-state index is 5.54. The summed E-state index contributed by atoms with van der Waals surface area (Å²) in [6, 6.07) is 10.4. The van der Waals surface area contributed by atoms with Gasteiger partial charge in [0.05, 0.1) is 18.3 Å². The number of hydrogen-bond acceptors (Lipinski definition) is 3. The van der Waals surface area contributed by atoms with Crippen LogP contribution >= 0.6 is 24.0 Å². The third-order valence-corrected chi connectivity index (χ3v) is 3.36. The fourth-order valence-corrected chi connectivity index (χ4v) is 2.00. The molecule has 1 aromatic carbocycles. The number of oxazole rings is 1. The van der Waals surface area contributed by atoms with Gasteiger partial charge < -0.3 is 15.1 Å². The van der Waals surface area contributed by atoms with Crippen molar-refractivity contribution in [1.82, 2.24) is 15.6 Å². The van der Waals surface area contributed by atoms with E-state index in [1.165, 1.54) is 5.56 Å². The van der Waals surface area contributed by atoms with E-state index in [0.29, 0.717) is 12.4 Å². The van der Waals surface area contributed by atoms with Gasteiger partial charge in [0.25, 0.3) is 0 Å². The molecule has 2 aromatic rings. The Hall–Kier alpha value is -1.57. The zero-order valence-corrected chi connectivity index (χ0v) is 15.7. The summed E-state index contributed by atoms with van der Waals surface area (Å²) in [6.07, 6.45) is 0. The van der Waals surface area contributed by atoms with E-state index in [1.807, 2.05) is 32.0 Å². The normalized spacial score (nSPS) is 12.5. The van der Waals surface area contributed by atoms with E-state index in [9.17, 15) is 0 Å². The van der Waals surface area contributed by atoms with Crippen LogP contribution in [-0.2, 0) is 6.54 Å². The fraction of sp³-hybridized carbons (Fsp3) is 0.375. The van der Waals surface area contributed by atoms with Crippen molar-refractivity contribution in [2.75, 3.05) is 7.05 Å². The Morgan fingerprint density at radius 3 is 2.50 bits per heavy atom. The molecule has 0 bridgehead atoms. The molecular weight excluding hydrogens is 391 g/mol. The first-order chi connectivity index (χ1) is 10.1. The van der Waals surface area contributed by atoms with E-state index in [4.69, 9.17) is 4.42 Å². The Morgan fingerprint density at radius 1 is 1.27 bits per heavy atom. The van der Waals surface area contributed by atoms with Crippen LogP contribution in [0.5, 0.6) is 0 Å². The molecule has 0 saturated heterocycles. The van der Waals surface area contributed by atoms with Gasteiger partial charge in [-0.2, -0.15) is 0 Å². The topological polar surface area (TPSA) is 62.5 Å². The number of nitrogens with one attached hydrogen (secondary N) is 2. The minimum atomic E-state index is 0. The zero-order valence-electron chi connectivity index (χ0n) is 13.4. The minimum absolute atomic E-state index is 0. The first-order valence-electron chi connectivity index (χ1n) is 7.05. The van der Waals surface area contributed by atoms with Crippen molar-refractivity contribution in [2.24, 2.45) is 4.99 Å². The van der Waals surface area contributed by atoms with E-state index >= 15 is 0 Å². The smallest absolute Gasteiger partial charge is 0.214 e. The van der Waals surface area contributed by atoms with Crippen LogP contribution in [0.25, 0.3) is 0 Å². The van der Waals surface area contributed by atoms with Gasteiger partial charge in [0.1, 0.15) is 5.76 Å². The second kappa shape index (κ2) is 8.77. The summed E-state index contributed by atoms with van der Waals surface area (Å²) in [4.78, 5) is 8.56. The third-order valence-electron chi connectivity index (χ3n) is 3.36. The molecule has 0 spiro atoms. The van der Waals surface area contributed by atoms with Gasteiger partial charge in [-0.25, -0.2) is 4.98 Å². The second-order valence-corrected chi connectivity index (χ2v) is 4.95. The Bertz CT molecular complexity index is 590. The molecular formula is C16H23IN4O. The van der Waals surface area contributed by atoms with E-state index in [1.54, 1.807) is 7.05 Å². The van der Waals surface area contributed by atoms with Gasteiger partial charge in [0.15, 0.2) is 5.96 Å². The van der Waals surface area contributed by atoms with Crippen LogP contribution in [-0.4, -0.2) is 18.0 Å². The van der Waals surface area contributed by atoms with Crippen LogP contribution in [0, 0.1) is 13.8 Å². The van der Waals surface area contributed by atoms with Gasteiger partial charge >= 0.3 is 0 Å². The molecule has 2 rings (SSSR count). The van der Waals surface area contributed by atoms with Gasteiger partial charge in [-0.15, -0.1) is 24.0 Å². The lowest BCUT2D eigenvalue weighted by Gasteiger charge is -2.17. The number of aryl methyl sites for hydroxylation is 2. The lowest BCUT2D eigenvalue weighted by Crippen LogP contribution is -2.38. The number of hydrogen-bond donors (Lipinski definition) is 2. The molecule has 22 heavy (non-hydrogen) atoms. The molecule has 1 aromatic heterocycles. The molecule has 0 aliphatic heterocycles. The highest BCUT2D eigenvalue weighted by atomic mass is 127. The largest absolute Gasteiger partial charge is 0.444 e. The van der Waals surface area contributed by atoms with E-state index in [0.717, 1.165) is 17.4 Å². The summed E-state index contributed by atoms with van der Waals surface area (Å²) in [5, 5.41) is 6.55. The number of guanidine groups is 1. The summed E-state index contributed by atoms with van der Waals surface area (Å²) >= 11 is 0. The average molecular weight is 414 g/mol. The minimum Gasteiger partial charge on any atom is -0.444 e. The molecule has 0 amide bonds. The van der Waals surface area contributed by atoms with Crippen LogP contribution in [0.4, 0.5) is 0 Å². The van der Waals surface area contributed by atoms with E-state index in [-0.39, 0.29) is 30.0 Å². The SMILES string of the molecule is CN=C(NCc1nc(C)c(C)o1)NC(C)c1ccccc1.I. The lowest BCUT2D eigenvalue weighted by atomic mass is 10.1. The number of aliphatic imine (C=N–C) groups is 1. The van der Waals surface area contributed by atoms with E-state index in [2.05, 4.69) is 39.7 Å². The average Bonchev–Trinajstić information content (AvgIpc) is 2.82. The number of aromatic nitrogens is 1. The van der Waals surface area contributed by atoms with Crippen LogP contribution < -0.4 is 10.6 Å². The van der Waals surface area contributed by atoms with Crippen molar-refractivity contribution >= 4 is 29.9 Å². The van der Waals surface area contributed by atoms with Crippen LogP contribution in [0.2, 0.25) is 0 Å². The molecule has 0 fully saturated rings. The number of nitrogens with zero attached hydrogens (tertiary/aromatic N) is 2. The Kier molecular flexibility index (Phi) is 7.37. The summed E-state index contributed by atoms with van der Waals surface area (Å²) in [5.41, 5.74) is 2.13. The standard InChI is InChI=1S/C16H22N4O.HI/c1-11-13(3)21-15(19-11)10-18-16(17-4)20-12(2)14-8-6-5-7-9-14;/h5-9,12H,10H2,1-4H3,(H2,17,18,20);1H. The molecule has 1 unspecified atom stereocenters. The van der Waals surface area contributed by atoms with Crippen molar-refractivity contribution < 1.29 is 4.42 Å². The predicted octanol–water partition coefficient (Wildman–Crippen LogP) is 3.34. The Balaban J connectivity index is 0.00000242. The number of benzene rings is 1. The molecule has 0 saturated carbocycles. The second-order valence-electron chi connectivity index (χ2n) is 4.95. The first kappa shape index (κ1) is 18.5. The molecule has 1 heterocycles. The highest BCUT2D eigenvalue weighted by Gasteiger charge is 2.09. The summed E-state index contributed by atoms with van der Waals surface area (Å²) in [5.74, 6) is 2.24. The monoisotopic (exact) mass is 414 g/mol. The van der Waals surface area contributed by atoms with Crippen LogP contribution in [0.3, 0.4) is 0 Å². The van der Waals surface area contributed by atoms with Gasteiger partial charge in [-0.1, -0.05) is 30.3 Å². The molecule has 5 nitrogen and oxygen atoms in total. The maximum Gasteiger partial charge on any atom is 0.214 e. The molecule has 0 radical (unpaired) electrons. The molecule has 6 heteroatoms. The fourth-order valence-electron chi connectivity index (χ4n) is 2.00. The highest BCUT2D eigenvalue weighted by Crippen LogP contribution is 2.11. The lowest BCUT2D eigenvalue weighted by molar-refractivity contribution is 0.463. The van der Waals surface area contributed by atoms with Crippen molar-refractivity contribution in [2.45, 2.75) is 33.4 Å². The van der Waals surface area contributed by atoms with Gasteiger partial charge in [-0.05, 0) is 26.3 Å². The molecule has 0 aliphatic rings. The van der Waals surface area contributed by atoms with Crippen LogP contribution in [0.15, 0.2) is 39.7 Å². The van der Waals surface area contributed by atoms with Gasteiger partial charge in [0, 0.05) is 7.05 Å². The van der Waals surface area contributed by atoms with E-state index < -0.39 is 0 Å². The first-order valence-corrected chi connectivity index (χ1v) is 7.05. The summed E-state index contributed by atoms with van der Waals surface area (Å²) < 4.78 is 5.54. The van der Waals surface area contributed by atoms with Crippen molar-refractivity contribution in [1.29, 1.82) is 0 Å². The highest BCUT2D eigenvalue weighted by molar-refractivity contribution is 14.0. The summed E-state index contributed by atoms with van der Waals surface area (Å²) in [7, 11) is 1.75. The maximum atomic E-state index is 5.54. The predicted molar refractivity (Wildman–Crippen MR) is 99.6 cm³/mol. The van der Waals surface area contributed by atoms with Crippen molar-refractivity contribution in [3.63, 3.8) is 0 Å². The molecule has 0 aliphatic carbocycles. The van der Waals surface area contributed by atoms with Crippen molar-refractivity contribution in [3.05, 3.63) is 53.2 Å². The Labute approximate surface area is 148 Å². The molecule has 120 valence electrons. The Morgan fingerprint density at radius 2 is 1.95 bits per heavy atom. The van der Waals surface area contributed by atoms with Crippen LogP contribution in [0.1, 0.15) is 35.9 Å². The number of halogens is 1. The van der Waals surface area contributed by atoms with Gasteiger partial charge in [0.2, 0.25) is 5.89 Å². The van der Waals surface area contributed by atoms with Gasteiger partial charge in [-0.3, -0.25) is 4.99 Å². The zero-order chi connectivity index (χ0) is 15.2. The third kappa shape index (κ3) is 5.01. The molecule has 2 N–H and O–H groups in total. The quantitative estimate of drug-likeness (QED) is 0.458. The number of rotatable bonds is 4. The molecule has 1 atom stereocenters.